The molecule has 0 aromatic carbocycles. The standard InChI is InChI=1S/C12H23NO6S/c1-4-10-20(14,15)13-8-6-12(7-9-13)18-16-11(3,5-2)17-19-12/h4-10H2,1-3H3. The monoisotopic (exact) mass is 309 g/mol. The maximum atomic E-state index is 12.0. The Morgan fingerprint density at radius 1 is 1.05 bits per heavy atom. The Balaban J connectivity index is 1.92. The van der Waals surface area contributed by atoms with E-state index in [-0.39, 0.29) is 5.75 Å². The van der Waals surface area contributed by atoms with E-state index in [0.29, 0.717) is 38.8 Å². The van der Waals surface area contributed by atoms with Crippen molar-refractivity contribution in [3.8, 4) is 0 Å². The molecule has 0 atom stereocenters. The number of nitrogens with zero attached hydrogens (tertiary/aromatic N) is 1. The highest BCUT2D eigenvalue weighted by atomic mass is 32.2. The van der Waals surface area contributed by atoms with E-state index in [1.165, 1.54) is 4.31 Å². The molecule has 0 aliphatic carbocycles. The van der Waals surface area contributed by atoms with Crippen LogP contribution in [0.15, 0.2) is 0 Å². The molecule has 2 saturated heterocycles. The van der Waals surface area contributed by atoms with Crippen LogP contribution in [0.2, 0.25) is 0 Å². The summed E-state index contributed by atoms with van der Waals surface area (Å²) in [7, 11) is -3.18. The Morgan fingerprint density at radius 2 is 1.60 bits per heavy atom. The van der Waals surface area contributed by atoms with Crippen molar-refractivity contribution < 1.29 is 28.0 Å². The molecular formula is C12H23NO6S. The van der Waals surface area contributed by atoms with Crippen LogP contribution in [0.3, 0.4) is 0 Å². The highest BCUT2D eigenvalue weighted by molar-refractivity contribution is 7.89. The number of piperidine rings is 1. The zero-order valence-electron chi connectivity index (χ0n) is 12.3. The molecule has 7 nitrogen and oxygen atoms in total. The smallest absolute Gasteiger partial charge is 0.212 e. The van der Waals surface area contributed by atoms with Crippen LogP contribution < -0.4 is 0 Å². The molecular weight excluding hydrogens is 286 g/mol. The van der Waals surface area contributed by atoms with E-state index in [2.05, 4.69) is 0 Å². The summed E-state index contributed by atoms with van der Waals surface area (Å²) < 4.78 is 25.5. The predicted molar refractivity (Wildman–Crippen MR) is 70.7 cm³/mol. The summed E-state index contributed by atoms with van der Waals surface area (Å²) in [6, 6.07) is 0. The molecule has 0 saturated carbocycles. The fourth-order valence-corrected chi connectivity index (χ4v) is 3.65. The van der Waals surface area contributed by atoms with Gasteiger partial charge in [0.15, 0.2) is 0 Å². The highest BCUT2D eigenvalue weighted by Crippen LogP contribution is 2.37. The van der Waals surface area contributed by atoms with Crippen molar-refractivity contribution in [3.63, 3.8) is 0 Å². The Kier molecular flexibility index (Phi) is 4.73. The van der Waals surface area contributed by atoms with Gasteiger partial charge in [0.2, 0.25) is 21.6 Å². The molecule has 0 N–H and O–H groups in total. The summed E-state index contributed by atoms with van der Waals surface area (Å²) >= 11 is 0. The van der Waals surface area contributed by atoms with E-state index in [9.17, 15) is 8.42 Å². The first-order valence-corrected chi connectivity index (χ1v) is 8.67. The van der Waals surface area contributed by atoms with Crippen LogP contribution in [0, 0.1) is 0 Å². The largest absolute Gasteiger partial charge is 0.236 e. The lowest BCUT2D eigenvalue weighted by Crippen LogP contribution is -2.55. The summed E-state index contributed by atoms with van der Waals surface area (Å²) in [6.45, 7) is 6.16. The topological polar surface area (TPSA) is 74.3 Å². The van der Waals surface area contributed by atoms with E-state index in [1.807, 2.05) is 13.8 Å². The number of sulfonamides is 1. The Labute approximate surface area is 120 Å². The van der Waals surface area contributed by atoms with Gasteiger partial charge in [0.25, 0.3) is 0 Å². The molecule has 0 amide bonds. The average Bonchev–Trinajstić information content (AvgIpc) is 2.43. The zero-order valence-corrected chi connectivity index (χ0v) is 13.1. The fourth-order valence-electron chi connectivity index (χ4n) is 2.13. The van der Waals surface area contributed by atoms with Crippen LogP contribution in [-0.2, 0) is 29.6 Å². The molecule has 2 fully saturated rings. The average molecular weight is 309 g/mol. The van der Waals surface area contributed by atoms with Crippen molar-refractivity contribution in [2.45, 2.75) is 58.0 Å². The van der Waals surface area contributed by atoms with Gasteiger partial charge >= 0.3 is 0 Å². The van der Waals surface area contributed by atoms with Crippen molar-refractivity contribution in [1.29, 1.82) is 0 Å². The third kappa shape index (κ3) is 3.32. The van der Waals surface area contributed by atoms with Crippen LogP contribution in [-0.4, -0.2) is 43.1 Å². The molecule has 0 unspecified atom stereocenters. The van der Waals surface area contributed by atoms with Crippen LogP contribution in [0.5, 0.6) is 0 Å². The second-order valence-corrected chi connectivity index (χ2v) is 7.53. The van der Waals surface area contributed by atoms with E-state index in [1.54, 1.807) is 6.92 Å². The third-order valence-corrected chi connectivity index (χ3v) is 5.80. The summed E-state index contributed by atoms with van der Waals surface area (Å²) in [5, 5.41) is 0. The minimum atomic E-state index is -3.18. The van der Waals surface area contributed by atoms with E-state index in [0.717, 1.165) is 0 Å². The highest BCUT2D eigenvalue weighted by Gasteiger charge is 2.48. The molecule has 2 aliphatic rings. The molecule has 0 radical (unpaired) electrons. The van der Waals surface area contributed by atoms with Crippen molar-refractivity contribution in [3.05, 3.63) is 0 Å². The van der Waals surface area contributed by atoms with Crippen molar-refractivity contribution in [1.82, 2.24) is 4.31 Å². The first kappa shape index (κ1) is 16.1. The van der Waals surface area contributed by atoms with Gasteiger partial charge in [-0.2, -0.15) is 19.6 Å². The number of hydrogen-bond donors (Lipinski definition) is 0. The Hall–Kier alpha value is -0.250. The summed E-state index contributed by atoms with van der Waals surface area (Å²) in [5.41, 5.74) is 0. The van der Waals surface area contributed by atoms with Gasteiger partial charge in [-0.1, -0.05) is 13.8 Å². The molecule has 2 heterocycles. The fraction of sp³-hybridized carbons (Fsp3) is 1.00. The zero-order chi connectivity index (χ0) is 14.9. The summed E-state index contributed by atoms with van der Waals surface area (Å²) in [5.74, 6) is -1.73. The van der Waals surface area contributed by atoms with Gasteiger partial charge in [-0.15, -0.1) is 0 Å². The van der Waals surface area contributed by atoms with Crippen molar-refractivity contribution >= 4 is 10.0 Å². The Bertz CT molecular complexity index is 419. The quantitative estimate of drug-likeness (QED) is 0.734. The molecule has 2 rings (SSSR count). The molecule has 0 aromatic rings. The van der Waals surface area contributed by atoms with E-state index >= 15 is 0 Å². The SMILES string of the molecule is CCCS(=O)(=O)N1CCC2(CC1)OOC(C)(CC)OO2. The molecule has 1 spiro atoms. The van der Waals surface area contributed by atoms with Gasteiger partial charge in [0.05, 0.1) is 5.75 Å². The minimum Gasteiger partial charge on any atom is -0.212 e. The number of hydrogen-bond acceptors (Lipinski definition) is 6. The van der Waals surface area contributed by atoms with E-state index in [4.69, 9.17) is 19.6 Å². The van der Waals surface area contributed by atoms with Gasteiger partial charge in [-0.3, -0.25) is 0 Å². The van der Waals surface area contributed by atoms with Crippen molar-refractivity contribution in [2.75, 3.05) is 18.8 Å². The summed E-state index contributed by atoms with van der Waals surface area (Å²) in [6.07, 6.45) is 1.96. The molecule has 8 heteroatoms. The van der Waals surface area contributed by atoms with Crippen molar-refractivity contribution in [2.24, 2.45) is 0 Å². The van der Waals surface area contributed by atoms with Gasteiger partial charge in [0, 0.05) is 32.4 Å². The maximum Gasteiger partial charge on any atom is 0.236 e. The lowest BCUT2D eigenvalue weighted by Gasteiger charge is -2.44. The molecule has 0 aromatic heterocycles. The maximum absolute atomic E-state index is 12.0. The number of rotatable bonds is 4. The van der Waals surface area contributed by atoms with Gasteiger partial charge < -0.3 is 0 Å². The minimum absolute atomic E-state index is 0.169. The molecule has 118 valence electrons. The van der Waals surface area contributed by atoms with Gasteiger partial charge in [0.1, 0.15) is 0 Å². The molecule has 2 aliphatic heterocycles. The van der Waals surface area contributed by atoms with E-state index < -0.39 is 21.6 Å². The molecule has 0 bridgehead atoms. The first-order valence-electron chi connectivity index (χ1n) is 7.06. The van der Waals surface area contributed by atoms with Crippen LogP contribution >= 0.6 is 0 Å². The van der Waals surface area contributed by atoms with Crippen LogP contribution in [0.4, 0.5) is 0 Å². The van der Waals surface area contributed by atoms with Gasteiger partial charge in [-0.25, -0.2) is 12.7 Å². The lowest BCUT2D eigenvalue weighted by atomic mass is 10.1. The second kappa shape index (κ2) is 5.86. The predicted octanol–water partition coefficient (Wildman–Crippen LogP) is 1.55. The second-order valence-electron chi connectivity index (χ2n) is 5.45. The first-order chi connectivity index (χ1) is 9.35. The van der Waals surface area contributed by atoms with Crippen LogP contribution in [0.1, 0.15) is 46.5 Å². The Morgan fingerprint density at radius 3 is 2.05 bits per heavy atom. The normalized spacial score (nSPS) is 26.8. The molecule has 20 heavy (non-hydrogen) atoms. The van der Waals surface area contributed by atoms with Crippen LogP contribution in [0.25, 0.3) is 0 Å². The summed E-state index contributed by atoms with van der Waals surface area (Å²) in [4.78, 5) is 21.3. The third-order valence-electron chi connectivity index (χ3n) is 3.72. The van der Waals surface area contributed by atoms with Gasteiger partial charge in [-0.05, 0) is 13.3 Å². The lowest BCUT2D eigenvalue weighted by molar-refractivity contribution is -0.656.